The average molecular weight is 386 g/mol. The number of amides is 1. The van der Waals surface area contributed by atoms with Crippen LogP contribution in [0.15, 0.2) is 12.2 Å². The first-order valence-electron chi connectivity index (χ1n) is 10.0. The Hall–Kier alpha value is -1.01. The van der Waals surface area contributed by atoms with Crippen molar-refractivity contribution < 1.29 is 19.4 Å². The van der Waals surface area contributed by atoms with Gasteiger partial charge in [-0.2, -0.15) is 16.6 Å². The smallest absolute Gasteiger partial charge is 0.335 e. The molecule has 26 heavy (non-hydrogen) atoms. The number of carbonyl (C=O) groups excluding carboxylic acids is 2. The average Bonchev–Trinajstić information content (AvgIpc) is 2.99. The van der Waals surface area contributed by atoms with Crippen molar-refractivity contribution in [1.29, 1.82) is 0 Å². The molecule has 6 heteroatoms. The van der Waals surface area contributed by atoms with E-state index in [9.17, 15) is 9.59 Å². The second kappa shape index (κ2) is 15.1. The Morgan fingerprint density at radius 2 is 2.08 bits per heavy atom. The van der Waals surface area contributed by atoms with E-state index in [1.165, 1.54) is 25.7 Å². The summed E-state index contributed by atoms with van der Waals surface area (Å²) in [6.07, 6.45) is 13.5. The van der Waals surface area contributed by atoms with Gasteiger partial charge in [-0.1, -0.05) is 38.3 Å². The van der Waals surface area contributed by atoms with Crippen molar-refractivity contribution >= 4 is 23.6 Å². The zero-order chi connectivity index (χ0) is 19.0. The molecule has 150 valence electrons. The molecule has 0 aromatic carbocycles. The minimum Gasteiger partial charge on any atom is -0.335 e. The Labute approximate surface area is 162 Å². The lowest BCUT2D eigenvalue weighted by Gasteiger charge is -2.22. The fourth-order valence-electron chi connectivity index (χ4n) is 2.94. The van der Waals surface area contributed by atoms with E-state index in [4.69, 9.17) is 0 Å². The molecule has 1 rings (SSSR count). The highest BCUT2D eigenvalue weighted by atomic mass is 32.2. The third-order valence-electron chi connectivity index (χ3n) is 4.37. The monoisotopic (exact) mass is 385 g/mol. The Kier molecular flexibility index (Phi) is 13.4. The van der Waals surface area contributed by atoms with Crippen molar-refractivity contribution in [3.63, 3.8) is 0 Å². The molecule has 0 saturated carbocycles. The summed E-state index contributed by atoms with van der Waals surface area (Å²) in [6.45, 7) is 5.16. The molecule has 0 spiro atoms. The van der Waals surface area contributed by atoms with E-state index >= 15 is 0 Å². The minimum atomic E-state index is -0.314. The summed E-state index contributed by atoms with van der Waals surface area (Å²) in [4.78, 5) is 34.6. The predicted octanol–water partition coefficient (Wildman–Crippen LogP) is 4.51. The molecule has 5 nitrogen and oxygen atoms in total. The van der Waals surface area contributed by atoms with Crippen LogP contribution in [-0.4, -0.2) is 47.5 Å². The minimum absolute atomic E-state index is 0.270. The van der Waals surface area contributed by atoms with Crippen molar-refractivity contribution in [3.05, 3.63) is 12.2 Å². The number of carbonyl (C=O) groups is 2. The molecular weight excluding hydrogens is 350 g/mol. The summed E-state index contributed by atoms with van der Waals surface area (Å²) in [7, 11) is 0. The van der Waals surface area contributed by atoms with Crippen LogP contribution in [0.4, 0.5) is 0 Å². The van der Waals surface area contributed by atoms with Gasteiger partial charge in [-0.15, -0.1) is 0 Å². The quantitative estimate of drug-likeness (QED) is 0.180. The van der Waals surface area contributed by atoms with Gasteiger partial charge in [0.1, 0.15) is 0 Å². The van der Waals surface area contributed by atoms with Crippen molar-refractivity contribution in [2.75, 3.05) is 24.7 Å². The molecule has 1 aliphatic heterocycles. The summed E-state index contributed by atoms with van der Waals surface area (Å²) >= 11 is 1.78. The molecule has 0 aromatic heterocycles. The molecule has 0 radical (unpaired) electrons. The van der Waals surface area contributed by atoms with Crippen LogP contribution in [0.1, 0.15) is 71.6 Å². The number of hydrogen-bond acceptors (Lipinski definition) is 5. The number of thioether (sulfide) groups is 1. The van der Waals surface area contributed by atoms with E-state index in [0.717, 1.165) is 37.3 Å². The third-order valence-corrected chi connectivity index (χ3v) is 5.42. The first-order valence-corrected chi connectivity index (χ1v) is 11.2. The van der Waals surface area contributed by atoms with E-state index in [-0.39, 0.29) is 17.9 Å². The normalized spacial score (nSPS) is 17.4. The molecule has 0 unspecified atom stereocenters. The Balaban J connectivity index is 2.14. The number of hydrogen-bond donors (Lipinski definition) is 0. The lowest BCUT2D eigenvalue weighted by atomic mass is 10.1. The highest BCUT2D eigenvalue weighted by Gasteiger charge is 2.28. The molecule has 0 bridgehead atoms. The fraction of sp³-hybridized carbons (Fsp3) is 0.800. The number of unbranched alkanes of at least 4 members (excludes halogenated alkanes) is 4. The lowest BCUT2D eigenvalue weighted by molar-refractivity contribution is -0.269. The van der Waals surface area contributed by atoms with Crippen LogP contribution in [0, 0.1) is 0 Å². The van der Waals surface area contributed by atoms with Crippen molar-refractivity contribution in [1.82, 2.24) is 4.90 Å². The fourth-order valence-corrected chi connectivity index (χ4v) is 3.82. The van der Waals surface area contributed by atoms with Crippen LogP contribution in [-0.2, 0) is 19.4 Å². The van der Waals surface area contributed by atoms with Crippen LogP contribution in [0.3, 0.4) is 0 Å². The molecule has 0 aliphatic carbocycles. The van der Waals surface area contributed by atoms with Gasteiger partial charge in [-0.05, 0) is 38.4 Å². The van der Waals surface area contributed by atoms with Gasteiger partial charge < -0.3 is 4.90 Å². The Morgan fingerprint density at radius 3 is 2.85 bits per heavy atom. The first-order chi connectivity index (χ1) is 12.7. The predicted molar refractivity (Wildman–Crippen MR) is 107 cm³/mol. The van der Waals surface area contributed by atoms with Gasteiger partial charge >= 0.3 is 5.97 Å². The molecule has 1 heterocycles. The number of likely N-dealkylation sites (tertiary alicyclic amines) is 1. The van der Waals surface area contributed by atoms with Gasteiger partial charge in [-0.25, -0.2) is 4.79 Å². The standard InChI is InChI=1S/C20H35NO4S/c1-3-5-6-7-8-9-11-18-13-14-19(22)21(18)15-17-26-16-10-12-20(23)25-24-4-2/h9,11,18H,3-8,10,12-17H2,1-2H3/t18-/m0/s1. The number of rotatable bonds is 15. The highest BCUT2D eigenvalue weighted by Crippen LogP contribution is 2.21. The molecule has 1 atom stereocenters. The van der Waals surface area contributed by atoms with Crippen LogP contribution >= 0.6 is 11.8 Å². The molecule has 1 saturated heterocycles. The molecule has 1 fully saturated rings. The van der Waals surface area contributed by atoms with Crippen LogP contribution in [0.2, 0.25) is 0 Å². The summed E-state index contributed by atoms with van der Waals surface area (Å²) in [5, 5.41) is 0. The van der Waals surface area contributed by atoms with E-state index in [0.29, 0.717) is 19.4 Å². The van der Waals surface area contributed by atoms with Gasteiger partial charge in [0, 0.05) is 25.1 Å². The van der Waals surface area contributed by atoms with Crippen molar-refractivity contribution in [2.24, 2.45) is 0 Å². The van der Waals surface area contributed by atoms with Gasteiger partial charge in [-0.3, -0.25) is 9.68 Å². The Morgan fingerprint density at radius 1 is 1.23 bits per heavy atom. The van der Waals surface area contributed by atoms with Crippen molar-refractivity contribution in [3.8, 4) is 0 Å². The zero-order valence-electron chi connectivity index (χ0n) is 16.4. The van der Waals surface area contributed by atoms with E-state index in [1.54, 1.807) is 18.7 Å². The van der Waals surface area contributed by atoms with Gasteiger partial charge in [0.25, 0.3) is 0 Å². The molecular formula is C20H35NO4S. The van der Waals surface area contributed by atoms with Crippen molar-refractivity contribution in [2.45, 2.75) is 77.7 Å². The van der Waals surface area contributed by atoms with Gasteiger partial charge in [0.15, 0.2) is 0 Å². The maximum absolute atomic E-state index is 12.1. The highest BCUT2D eigenvalue weighted by molar-refractivity contribution is 7.99. The SMILES string of the molecule is CCCCCCC=C[C@H]1CCC(=O)N1CCSCCCC(=O)OOCC. The number of nitrogens with zero attached hydrogens (tertiary/aromatic N) is 1. The second-order valence-corrected chi connectivity index (χ2v) is 7.77. The third kappa shape index (κ3) is 10.2. The number of allylic oxidation sites excluding steroid dienone is 1. The van der Waals surface area contributed by atoms with E-state index in [2.05, 4.69) is 28.9 Å². The van der Waals surface area contributed by atoms with E-state index in [1.807, 2.05) is 4.90 Å². The molecule has 1 amide bonds. The molecule has 0 N–H and O–H groups in total. The topological polar surface area (TPSA) is 55.8 Å². The molecule has 0 aromatic rings. The maximum atomic E-state index is 12.1. The second-order valence-electron chi connectivity index (χ2n) is 6.55. The Bertz CT molecular complexity index is 428. The van der Waals surface area contributed by atoms with Gasteiger partial charge in [0.2, 0.25) is 5.91 Å². The summed E-state index contributed by atoms with van der Waals surface area (Å²) in [5.41, 5.74) is 0. The van der Waals surface area contributed by atoms with E-state index < -0.39 is 0 Å². The van der Waals surface area contributed by atoms with Crippen LogP contribution in [0.5, 0.6) is 0 Å². The van der Waals surface area contributed by atoms with Gasteiger partial charge in [0.05, 0.1) is 12.6 Å². The summed E-state index contributed by atoms with van der Waals surface area (Å²) in [5.74, 6) is 1.76. The van der Waals surface area contributed by atoms with Crippen LogP contribution < -0.4 is 0 Å². The summed E-state index contributed by atoms with van der Waals surface area (Å²) < 4.78 is 0. The first kappa shape index (κ1) is 23.0. The maximum Gasteiger partial charge on any atom is 0.342 e. The lowest BCUT2D eigenvalue weighted by Crippen LogP contribution is -2.33. The molecule has 1 aliphatic rings. The largest absolute Gasteiger partial charge is 0.342 e. The zero-order valence-corrected chi connectivity index (χ0v) is 17.2. The summed E-state index contributed by atoms with van der Waals surface area (Å²) in [6, 6.07) is 0.274. The van der Waals surface area contributed by atoms with Crippen LogP contribution in [0.25, 0.3) is 0 Å².